The van der Waals surface area contributed by atoms with Gasteiger partial charge in [0.25, 0.3) is 0 Å². The van der Waals surface area contributed by atoms with Gasteiger partial charge in [0.1, 0.15) is 5.69 Å². The van der Waals surface area contributed by atoms with Crippen molar-refractivity contribution in [3.05, 3.63) is 30.6 Å². The minimum absolute atomic E-state index is 0.0287. The van der Waals surface area contributed by atoms with E-state index in [2.05, 4.69) is 30.9 Å². The van der Waals surface area contributed by atoms with E-state index >= 15 is 0 Å². The summed E-state index contributed by atoms with van der Waals surface area (Å²) in [5.41, 5.74) is 2.46. The average molecular weight is 337 g/mol. The first kappa shape index (κ1) is 15.6. The maximum Gasteiger partial charge on any atom is 0.231 e. The Morgan fingerprint density at radius 2 is 2.32 bits per heavy atom. The van der Waals surface area contributed by atoms with E-state index in [9.17, 15) is 4.79 Å². The molecule has 25 heavy (non-hydrogen) atoms. The highest BCUT2D eigenvalue weighted by atomic mass is 16.2. The number of anilines is 1. The number of hydrogen-bond acceptors (Lipinski definition) is 6. The lowest BCUT2D eigenvalue weighted by molar-refractivity contribution is -0.120. The molecule has 2 aromatic heterocycles. The highest BCUT2D eigenvalue weighted by Gasteiger charge is 2.21. The molecule has 8 nitrogen and oxygen atoms in total. The number of aryl methyl sites for hydroxylation is 1. The number of aromatic nitrogens is 5. The summed E-state index contributed by atoms with van der Waals surface area (Å²) in [5, 5.41) is 15.1. The molecule has 0 aliphatic carbocycles. The highest BCUT2D eigenvalue weighted by Crippen LogP contribution is 2.22. The van der Waals surface area contributed by atoms with Crippen LogP contribution in [0.5, 0.6) is 0 Å². The van der Waals surface area contributed by atoms with Crippen molar-refractivity contribution in [1.82, 2.24) is 30.3 Å². The van der Waals surface area contributed by atoms with Crippen LogP contribution >= 0.6 is 0 Å². The van der Waals surface area contributed by atoms with Gasteiger partial charge in [-0.2, -0.15) is 0 Å². The second-order valence-electron chi connectivity index (χ2n) is 6.28. The van der Waals surface area contributed by atoms with Gasteiger partial charge < -0.3 is 5.32 Å². The Bertz CT molecular complexity index is 914. The minimum atomic E-state index is -0.0309. The second-order valence-corrected chi connectivity index (χ2v) is 6.28. The minimum Gasteiger partial charge on any atom is -0.316 e. The number of nitrogens with one attached hydrogen (secondary N) is 2. The van der Waals surface area contributed by atoms with Gasteiger partial charge in [-0.15, -0.1) is 5.10 Å². The summed E-state index contributed by atoms with van der Waals surface area (Å²) in [5.74, 6) is 0.273. The summed E-state index contributed by atoms with van der Waals surface area (Å²) < 4.78 is 1.66. The van der Waals surface area contributed by atoms with Gasteiger partial charge in [0.05, 0.1) is 17.6 Å². The summed E-state index contributed by atoms with van der Waals surface area (Å²) >= 11 is 0. The lowest BCUT2D eigenvalue weighted by Gasteiger charge is -2.21. The van der Waals surface area contributed by atoms with Gasteiger partial charge in [-0.25, -0.2) is 9.97 Å². The lowest BCUT2D eigenvalue weighted by atomic mass is 9.99. The molecule has 0 radical (unpaired) electrons. The van der Waals surface area contributed by atoms with Crippen molar-refractivity contribution >= 4 is 22.8 Å². The first-order valence-corrected chi connectivity index (χ1v) is 8.34. The predicted octanol–water partition coefficient (Wildman–Crippen LogP) is 1.36. The Morgan fingerprint density at radius 1 is 1.40 bits per heavy atom. The van der Waals surface area contributed by atoms with E-state index in [1.165, 1.54) is 0 Å². The Kier molecular flexibility index (Phi) is 4.10. The largest absolute Gasteiger partial charge is 0.316 e. The predicted molar refractivity (Wildman–Crippen MR) is 93.8 cm³/mol. The van der Waals surface area contributed by atoms with E-state index in [0.717, 1.165) is 41.5 Å². The number of piperidine rings is 1. The van der Waals surface area contributed by atoms with Gasteiger partial charge in [0.15, 0.2) is 0 Å². The van der Waals surface area contributed by atoms with Crippen molar-refractivity contribution in [2.24, 2.45) is 13.0 Å². The van der Waals surface area contributed by atoms with E-state index in [0.29, 0.717) is 12.5 Å². The molecule has 0 spiro atoms. The first-order valence-electron chi connectivity index (χ1n) is 8.34. The Labute approximate surface area is 144 Å². The fourth-order valence-corrected chi connectivity index (χ4v) is 3.01. The van der Waals surface area contributed by atoms with E-state index < -0.39 is 0 Å². The normalized spacial score (nSPS) is 17.6. The lowest BCUT2D eigenvalue weighted by Crippen LogP contribution is -2.37. The maximum atomic E-state index is 12.3. The van der Waals surface area contributed by atoms with Crippen LogP contribution in [0.4, 0.5) is 5.95 Å². The zero-order chi connectivity index (χ0) is 17.2. The number of carbonyl (C=O) groups is 1. The van der Waals surface area contributed by atoms with E-state index in [4.69, 9.17) is 0 Å². The number of hydrogen-bond donors (Lipinski definition) is 2. The molecule has 3 heterocycles. The fourth-order valence-electron chi connectivity index (χ4n) is 3.01. The Balaban J connectivity index is 1.59. The van der Waals surface area contributed by atoms with Gasteiger partial charge in [0.2, 0.25) is 11.9 Å². The average Bonchev–Trinajstić information content (AvgIpc) is 3.08. The van der Waals surface area contributed by atoms with Crippen LogP contribution in [0.25, 0.3) is 22.2 Å². The zero-order valence-corrected chi connectivity index (χ0v) is 13.9. The molecule has 0 unspecified atom stereocenters. The van der Waals surface area contributed by atoms with E-state index in [-0.39, 0.29) is 11.8 Å². The van der Waals surface area contributed by atoms with Crippen molar-refractivity contribution in [2.75, 3.05) is 18.4 Å². The number of benzene rings is 1. The fraction of sp³-hybridized carbons (Fsp3) is 0.353. The first-order chi connectivity index (χ1) is 12.2. The molecule has 1 atom stereocenters. The van der Waals surface area contributed by atoms with Crippen LogP contribution in [-0.2, 0) is 11.8 Å². The molecule has 0 bridgehead atoms. The molecule has 1 fully saturated rings. The maximum absolute atomic E-state index is 12.3. The van der Waals surface area contributed by atoms with E-state index in [1.807, 2.05) is 31.4 Å². The topological polar surface area (TPSA) is 97.6 Å². The molecule has 128 valence electrons. The number of nitrogens with zero attached hydrogens (tertiary/aromatic N) is 5. The van der Waals surface area contributed by atoms with Crippen LogP contribution < -0.4 is 10.6 Å². The zero-order valence-electron chi connectivity index (χ0n) is 13.9. The molecule has 3 aromatic rings. The van der Waals surface area contributed by atoms with Crippen molar-refractivity contribution in [1.29, 1.82) is 0 Å². The van der Waals surface area contributed by atoms with Crippen LogP contribution in [0.1, 0.15) is 12.8 Å². The van der Waals surface area contributed by atoms with Crippen LogP contribution in [0.2, 0.25) is 0 Å². The van der Waals surface area contributed by atoms with Crippen molar-refractivity contribution in [3.8, 4) is 11.3 Å². The summed E-state index contributed by atoms with van der Waals surface area (Å²) in [6.45, 7) is 1.68. The molecule has 1 aliphatic rings. The SMILES string of the molecule is Cn1cc(-c2ccc3cnc(NC(=O)[C@@H]4CCCNC4)nc3c2)nn1. The third-order valence-electron chi connectivity index (χ3n) is 4.38. The Hall–Kier alpha value is -2.87. The summed E-state index contributed by atoms with van der Waals surface area (Å²) in [6.07, 6.45) is 5.47. The molecule has 1 aliphatic heterocycles. The van der Waals surface area contributed by atoms with Gasteiger partial charge >= 0.3 is 0 Å². The third kappa shape index (κ3) is 3.34. The molecule has 1 aromatic carbocycles. The molecular weight excluding hydrogens is 318 g/mol. The number of rotatable bonds is 3. The molecular formula is C17H19N7O. The van der Waals surface area contributed by atoms with Crippen LogP contribution in [-0.4, -0.2) is 44.0 Å². The molecule has 1 saturated heterocycles. The van der Waals surface area contributed by atoms with Crippen molar-refractivity contribution < 1.29 is 4.79 Å². The number of carbonyl (C=O) groups excluding carboxylic acids is 1. The van der Waals surface area contributed by atoms with Gasteiger partial charge in [0, 0.05) is 30.7 Å². The standard InChI is InChI=1S/C17H19N7O/c1-24-10-15(22-23-24)11-4-5-12-9-19-17(20-14(12)7-11)21-16(25)13-3-2-6-18-8-13/h4-5,7,9-10,13,18H,2-3,6,8H2,1H3,(H,19,20,21,25)/t13-/m1/s1. The summed E-state index contributed by atoms with van der Waals surface area (Å²) in [6, 6.07) is 5.83. The second kappa shape index (κ2) is 6.56. The molecule has 4 rings (SSSR count). The van der Waals surface area contributed by atoms with Gasteiger partial charge in [-0.1, -0.05) is 17.3 Å². The highest BCUT2D eigenvalue weighted by molar-refractivity contribution is 5.92. The molecule has 2 N–H and O–H groups in total. The molecule has 0 saturated carbocycles. The third-order valence-corrected chi connectivity index (χ3v) is 4.38. The molecule has 1 amide bonds. The van der Waals surface area contributed by atoms with Crippen LogP contribution in [0.15, 0.2) is 30.6 Å². The van der Waals surface area contributed by atoms with Crippen LogP contribution in [0, 0.1) is 5.92 Å². The van der Waals surface area contributed by atoms with Gasteiger partial charge in [-0.3, -0.25) is 14.8 Å². The summed E-state index contributed by atoms with van der Waals surface area (Å²) in [4.78, 5) is 21.1. The number of fused-ring (bicyclic) bond motifs is 1. The van der Waals surface area contributed by atoms with E-state index in [1.54, 1.807) is 10.9 Å². The molecule has 8 heteroatoms. The Morgan fingerprint density at radius 3 is 3.08 bits per heavy atom. The monoisotopic (exact) mass is 337 g/mol. The van der Waals surface area contributed by atoms with Crippen LogP contribution in [0.3, 0.4) is 0 Å². The smallest absolute Gasteiger partial charge is 0.231 e. The van der Waals surface area contributed by atoms with Gasteiger partial charge in [-0.05, 0) is 25.5 Å². The van der Waals surface area contributed by atoms with Crippen molar-refractivity contribution in [2.45, 2.75) is 12.8 Å². The quantitative estimate of drug-likeness (QED) is 0.749. The summed E-state index contributed by atoms with van der Waals surface area (Å²) in [7, 11) is 1.83. The van der Waals surface area contributed by atoms with Crippen molar-refractivity contribution in [3.63, 3.8) is 0 Å². The number of amides is 1.